The van der Waals surface area contributed by atoms with Crippen LogP contribution in [-0.4, -0.2) is 14.5 Å². The van der Waals surface area contributed by atoms with Gasteiger partial charge in [-0.15, -0.1) is 6.42 Å². The molecule has 0 aliphatic rings. The molecule has 0 spiro atoms. The summed E-state index contributed by atoms with van der Waals surface area (Å²) >= 11 is 0. The zero-order chi connectivity index (χ0) is 15.5. The zero-order valence-electron chi connectivity index (χ0n) is 11.6. The minimum absolute atomic E-state index is 0.135. The van der Waals surface area contributed by atoms with Gasteiger partial charge in [-0.05, 0) is 23.8 Å². The fourth-order valence-electron chi connectivity index (χ4n) is 2.11. The maximum absolute atomic E-state index is 12.0. The molecule has 108 valence electrons. The molecule has 22 heavy (non-hydrogen) atoms. The van der Waals surface area contributed by atoms with Gasteiger partial charge in [0.1, 0.15) is 5.69 Å². The number of aromatic nitrogens is 3. The molecule has 2 N–H and O–H groups in total. The van der Waals surface area contributed by atoms with E-state index in [1.807, 2.05) is 0 Å². The fraction of sp³-hybridized carbons (Fsp3) is 0.0625. The number of rotatable bonds is 3. The highest BCUT2D eigenvalue weighted by Crippen LogP contribution is 2.29. The summed E-state index contributed by atoms with van der Waals surface area (Å²) in [7, 11) is 0. The lowest BCUT2D eigenvalue weighted by Gasteiger charge is -2.08. The molecular formula is C16H12N4O2. The number of furan rings is 1. The van der Waals surface area contributed by atoms with Crippen molar-refractivity contribution in [3.8, 4) is 34.9 Å². The third kappa shape index (κ3) is 2.47. The predicted molar refractivity (Wildman–Crippen MR) is 82.7 cm³/mol. The maximum atomic E-state index is 12.0. The average Bonchev–Trinajstić information content (AvgIpc) is 3.04. The Labute approximate surface area is 126 Å². The number of nitrogen functional groups attached to an aromatic ring is 1. The van der Waals surface area contributed by atoms with Gasteiger partial charge in [0.05, 0.1) is 12.8 Å². The van der Waals surface area contributed by atoms with E-state index in [0.717, 1.165) is 0 Å². The Morgan fingerprint density at radius 1 is 1.41 bits per heavy atom. The lowest BCUT2D eigenvalue weighted by molar-refractivity contribution is 0.580. The summed E-state index contributed by atoms with van der Waals surface area (Å²) in [6.07, 6.45) is 9.98. The normalized spacial score (nSPS) is 10.3. The first kappa shape index (κ1) is 13.6. The Balaban J connectivity index is 2.15. The third-order valence-electron chi connectivity index (χ3n) is 3.13. The smallest absolute Gasteiger partial charge is 0.251 e. The number of terminal acetylenes is 1. The van der Waals surface area contributed by atoms with E-state index in [-0.39, 0.29) is 18.1 Å². The first-order chi connectivity index (χ1) is 10.7. The van der Waals surface area contributed by atoms with Crippen molar-refractivity contribution in [2.24, 2.45) is 0 Å². The highest BCUT2D eigenvalue weighted by Gasteiger charge is 2.13. The van der Waals surface area contributed by atoms with Gasteiger partial charge in [0.25, 0.3) is 5.56 Å². The first-order valence-electron chi connectivity index (χ1n) is 6.50. The van der Waals surface area contributed by atoms with Gasteiger partial charge in [0.2, 0.25) is 5.95 Å². The molecule has 0 amide bonds. The minimum atomic E-state index is -0.197. The van der Waals surface area contributed by atoms with E-state index in [2.05, 4.69) is 15.9 Å². The van der Waals surface area contributed by atoms with Crippen molar-refractivity contribution in [1.29, 1.82) is 0 Å². The van der Waals surface area contributed by atoms with Crippen LogP contribution in [0.25, 0.3) is 22.6 Å². The summed E-state index contributed by atoms with van der Waals surface area (Å²) in [6, 6.07) is 6.78. The van der Waals surface area contributed by atoms with E-state index in [0.29, 0.717) is 22.6 Å². The van der Waals surface area contributed by atoms with Gasteiger partial charge in [-0.25, -0.2) is 9.97 Å². The zero-order valence-corrected chi connectivity index (χ0v) is 11.6. The Hall–Kier alpha value is -3.33. The van der Waals surface area contributed by atoms with Crippen LogP contribution in [0, 0.1) is 12.3 Å². The van der Waals surface area contributed by atoms with E-state index in [9.17, 15) is 4.79 Å². The van der Waals surface area contributed by atoms with Crippen molar-refractivity contribution in [3.63, 3.8) is 0 Å². The van der Waals surface area contributed by atoms with Crippen LogP contribution in [0.2, 0.25) is 0 Å². The molecule has 3 heterocycles. The van der Waals surface area contributed by atoms with E-state index >= 15 is 0 Å². The molecule has 0 aliphatic carbocycles. The van der Waals surface area contributed by atoms with Gasteiger partial charge in [0, 0.05) is 24.0 Å². The summed E-state index contributed by atoms with van der Waals surface area (Å²) in [5.74, 6) is 3.12. The van der Waals surface area contributed by atoms with Crippen LogP contribution in [0.15, 0.2) is 52.1 Å². The summed E-state index contributed by atoms with van der Waals surface area (Å²) in [5, 5.41) is 0. The SMILES string of the molecule is C#CCn1ccc(-c2cnc(N)nc2-c2ccco2)cc1=O. The van der Waals surface area contributed by atoms with Crippen LogP contribution >= 0.6 is 0 Å². The highest BCUT2D eigenvalue weighted by atomic mass is 16.3. The molecule has 3 aromatic heterocycles. The predicted octanol–water partition coefficient (Wildman–Crippen LogP) is 1.78. The molecular weight excluding hydrogens is 280 g/mol. The minimum Gasteiger partial charge on any atom is -0.463 e. The standard InChI is InChI=1S/C16H12N4O2/c1-2-6-20-7-5-11(9-14(20)21)12-10-18-16(17)19-15(12)13-4-3-8-22-13/h1,3-5,7-10H,6H2,(H2,17,18,19). The summed E-state index contributed by atoms with van der Waals surface area (Å²) in [5.41, 5.74) is 7.32. The van der Waals surface area contributed by atoms with Crippen LogP contribution in [0.5, 0.6) is 0 Å². The molecule has 6 nitrogen and oxygen atoms in total. The van der Waals surface area contributed by atoms with Crippen LogP contribution in [0.3, 0.4) is 0 Å². The molecule has 0 saturated heterocycles. The second-order valence-electron chi connectivity index (χ2n) is 4.55. The second-order valence-corrected chi connectivity index (χ2v) is 4.55. The van der Waals surface area contributed by atoms with Crippen LogP contribution in [-0.2, 0) is 6.54 Å². The van der Waals surface area contributed by atoms with Gasteiger partial charge >= 0.3 is 0 Å². The lowest BCUT2D eigenvalue weighted by Crippen LogP contribution is -2.17. The van der Waals surface area contributed by atoms with E-state index in [1.54, 1.807) is 36.9 Å². The number of hydrogen-bond acceptors (Lipinski definition) is 5. The number of anilines is 1. The van der Waals surface area contributed by atoms with Crippen molar-refractivity contribution in [2.45, 2.75) is 6.54 Å². The molecule has 0 atom stereocenters. The first-order valence-corrected chi connectivity index (χ1v) is 6.50. The quantitative estimate of drug-likeness (QED) is 0.743. The van der Waals surface area contributed by atoms with Gasteiger partial charge in [-0.1, -0.05) is 5.92 Å². The van der Waals surface area contributed by atoms with Crippen LogP contribution in [0.4, 0.5) is 5.95 Å². The Bertz CT molecular complexity index is 905. The number of pyridine rings is 1. The average molecular weight is 292 g/mol. The van der Waals surface area contributed by atoms with Crippen molar-refractivity contribution in [3.05, 3.63) is 53.3 Å². The molecule has 0 aromatic carbocycles. The molecule has 0 fully saturated rings. The van der Waals surface area contributed by atoms with Gasteiger partial charge in [-0.2, -0.15) is 0 Å². The van der Waals surface area contributed by atoms with E-state index in [4.69, 9.17) is 16.6 Å². The monoisotopic (exact) mass is 292 g/mol. The summed E-state index contributed by atoms with van der Waals surface area (Å²) < 4.78 is 6.81. The Kier molecular flexibility index (Phi) is 3.46. The molecule has 3 aromatic rings. The molecule has 0 saturated carbocycles. The second kappa shape index (κ2) is 5.58. The molecule has 0 radical (unpaired) electrons. The molecule has 0 unspecified atom stereocenters. The summed E-state index contributed by atoms with van der Waals surface area (Å²) in [4.78, 5) is 20.3. The maximum Gasteiger partial charge on any atom is 0.251 e. The Morgan fingerprint density at radius 2 is 2.27 bits per heavy atom. The van der Waals surface area contributed by atoms with Crippen LogP contribution in [0.1, 0.15) is 0 Å². The molecule has 3 rings (SSSR count). The van der Waals surface area contributed by atoms with Crippen molar-refractivity contribution in [2.75, 3.05) is 5.73 Å². The number of nitrogens with zero attached hydrogens (tertiary/aromatic N) is 3. The van der Waals surface area contributed by atoms with Crippen molar-refractivity contribution < 1.29 is 4.42 Å². The van der Waals surface area contributed by atoms with Gasteiger partial charge in [0.15, 0.2) is 5.76 Å². The molecule has 6 heteroatoms. The van der Waals surface area contributed by atoms with E-state index in [1.165, 1.54) is 10.6 Å². The van der Waals surface area contributed by atoms with Gasteiger partial charge in [-0.3, -0.25) is 4.79 Å². The van der Waals surface area contributed by atoms with Crippen molar-refractivity contribution >= 4 is 5.95 Å². The number of nitrogens with two attached hydrogens (primary N) is 1. The van der Waals surface area contributed by atoms with Crippen molar-refractivity contribution in [1.82, 2.24) is 14.5 Å². The fourth-order valence-corrected chi connectivity index (χ4v) is 2.11. The molecule has 0 bridgehead atoms. The highest BCUT2D eigenvalue weighted by molar-refractivity contribution is 5.78. The third-order valence-corrected chi connectivity index (χ3v) is 3.13. The van der Waals surface area contributed by atoms with E-state index < -0.39 is 0 Å². The Morgan fingerprint density at radius 3 is 2.95 bits per heavy atom. The topological polar surface area (TPSA) is 86.9 Å². The number of hydrogen-bond donors (Lipinski definition) is 1. The largest absolute Gasteiger partial charge is 0.463 e. The van der Waals surface area contributed by atoms with Crippen LogP contribution < -0.4 is 11.3 Å². The lowest BCUT2D eigenvalue weighted by atomic mass is 10.1. The van der Waals surface area contributed by atoms with Gasteiger partial charge < -0.3 is 14.7 Å². The summed E-state index contributed by atoms with van der Waals surface area (Å²) in [6.45, 7) is 0.225. The molecule has 0 aliphatic heterocycles.